The molecule has 0 spiro atoms. The molecule has 4 aromatic rings. The van der Waals surface area contributed by atoms with Crippen LogP contribution in [0, 0.1) is 5.92 Å². The van der Waals surface area contributed by atoms with Crippen LogP contribution in [0.5, 0.6) is 0 Å². The van der Waals surface area contributed by atoms with Crippen molar-refractivity contribution in [3.05, 3.63) is 60.1 Å². The Bertz CT molecular complexity index is 1220. The molecule has 156 valence electrons. The van der Waals surface area contributed by atoms with E-state index in [0.29, 0.717) is 12.4 Å². The van der Waals surface area contributed by atoms with Gasteiger partial charge in [0, 0.05) is 29.7 Å². The Balaban J connectivity index is 1.73. The third-order valence-electron chi connectivity index (χ3n) is 5.95. The summed E-state index contributed by atoms with van der Waals surface area (Å²) in [6.07, 6.45) is 3.45. The van der Waals surface area contributed by atoms with Gasteiger partial charge in [0.15, 0.2) is 5.82 Å². The van der Waals surface area contributed by atoms with Crippen molar-refractivity contribution in [1.29, 1.82) is 0 Å². The van der Waals surface area contributed by atoms with Gasteiger partial charge in [-0.3, -0.25) is 9.78 Å². The number of carbonyl (C=O) groups excluding carboxylic acids is 1. The number of amides is 1. The molecule has 0 bridgehead atoms. The maximum Gasteiger partial charge on any atom is 0.222 e. The van der Waals surface area contributed by atoms with Crippen molar-refractivity contribution in [2.75, 3.05) is 11.4 Å². The maximum atomic E-state index is 12.0. The molecule has 1 fully saturated rings. The zero-order valence-corrected chi connectivity index (χ0v) is 18.0. The summed E-state index contributed by atoms with van der Waals surface area (Å²) in [7, 11) is 0. The minimum atomic E-state index is -0.249. The molecule has 3 aromatic heterocycles. The van der Waals surface area contributed by atoms with E-state index in [1.165, 1.54) is 0 Å². The topological polar surface area (TPSA) is 85.0 Å². The Morgan fingerprint density at radius 2 is 1.90 bits per heavy atom. The fourth-order valence-electron chi connectivity index (χ4n) is 4.21. The van der Waals surface area contributed by atoms with E-state index in [4.69, 9.17) is 15.7 Å². The van der Waals surface area contributed by atoms with E-state index in [2.05, 4.69) is 34.3 Å². The van der Waals surface area contributed by atoms with Gasteiger partial charge in [0.25, 0.3) is 0 Å². The number of aromatic nitrogens is 3. The zero-order chi connectivity index (χ0) is 21.4. The number of pyridine rings is 1. The van der Waals surface area contributed by atoms with Crippen molar-refractivity contribution < 1.29 is 4.79 Å². The van der Waals surface area contributed by atoms with Crippen LogP contribution in [-0.4, -0.2) is 33.4 Å². The standard InChI is InChI=1S/C24H23N5OS/c1-15-10-11-17(21(25)30)13-29(15)23-20-18(16-7-3-2-4-8-16)14-31-24(20)28-22(27-23)19-9-5-6-12-26-19/h2-9,12,14-15,17H,10-11,13H2,1H3,(H2,25,30)/t15-,17-/m0/s1. The number of nitrogens with two attached hydrogens (primary N) is 1. The third kappa shape index (κ3) is 3.65. The minimum Gasteiger partial charge on any atom is -0.369 e. The molecule has 31 heavy (non-hydrogen) atoms. The van der Waals surface area contributed by atoms with Gasteiger partial charge in [-0.15, -0.1) is 11.3 Å². The number of hydrogen-bond acceptors (Lipinski definition) is 6. The fourth-order valence-corrected chi connectivity index (χ4v) is 5.15. The Kier molecular flexibility index (Phi) is 5.11. The summed E-state index contributed by atoms with van der Waals surface area (Å²) in [5.41, 5.74) is 8.65. The van der Waals surface area contributed by atoms with Crippen LogP contribution in [0.3, 0.4) is 0 Å². The van der Waals surface area contributed by atoms with Crippen LogP contribution in [0.2, 0.25) is 0 Å². The second-order valence-corrected chi connectivity index (χ2v) is 8.82. The minimum absolute atomic E-state index is 0.182. The fraction of sp³-hybridized carbons (Fsp3) is 0.250. The number of rotatable bonds is 4. The van der Waals surface area contributed by atoms with Crippen molar-refractivity contribution in [2.24, 2.45) is 11.7 Å². The lowest BCUT2D eigenvalue weighted by Gasteiger charge is -2.38. The van der Waals surface area contributed by atoms with Crippen LogP contribution in [0.4, 0.5) is 5.82 Å². The highest BCUT2D eigenvalue weighted by atomic mass is 32.1. The molecule has 0 unspecified atom stereocenters. The van der Waals surface area contributed by atoms with E-state index in [9.17, 15) is 4.79 Å². The monoisotopic (exact) mass is 429 g/mol. The number of fused-ring (bicyclic) bond motifs is 1. The molecular weight excluding hydrogens is 406 g/mol. The van der Waals surface area contributed by atoms with Gasteiger partial charge in [-0.25, -0.2) is 9.97 Å². The molecule has 1 amide bonds. The third-order valence-corrected chi connectivity index (χ3v) is 6.82. The largest absolute Gasteiger partial charge is 0.369 e. The molecule has 2 atom stereocenters. The van der Waals surface area contributed by atoms with Crippen molar-refractivity contribution >= 4 is 33.3 Å². The molecule has 1 aliphatic heterocycles. The van der Waals surface area contributed by atoms with Gasteiger partial charge in [0.05, 0.1) is 11.3 Å². The number of carbonyl (C=O) groups is 1. The molecule has 4 heterocycles. The average Bonchev–Trinajstić information content (AvgIpc) is 3.24. The molecule has 2 N–H and O–H groups in total. The van der Waals surface area contributed by atoms with Gasteiger partial charge < -0.3 is 10.6 Å². The highest BCUT2D eigenvalue weighted by Gasteiger charge is 2.32. The van der Waals surface area contributed by atoms with Gasteiger partial charge in [-0.1, -0.05) is 36.4 Å². The first kappa shape index (κ1) is 19.6. The number of anilines is 1. The summed E-state index contributed by atoms with van der Waals surface area (Å²) >= 11 is 1.61. The van der Waals surface area contributed by atoms with Crippen LogP contribution in [0.25, 0.3) is 32.9 Å². The van der Waals surface area contributed by atoms with Crippen LogP contribution < -0.4 is 10.6 Å². The van der Waals surface area contributed by atoms with Crippen LogP contribution in [0.1, 0.15) is 19.8 Å². The molecule has 0 saturated carbocycles. The van der Waals surface area contributed by atoms with Crippen molar-refractivity contribution in [1.82, 2.24) is 15.0 Å². The summed E-state index contributed by atoms with van der Waals surface area (Å²) in [4.78, 5) is 29.4. The normalized spacial score (nSPS) is 18.9. The van der Waals surface area contributed by atoms with E-state index in [1.54, 1.807) is 17.5 Å². The summed E-state index contributed by atoms with van der Waals surface area (Å²) in [5, 5.41) is 3.16. The summed E-state index contributed by atoms with van der Waals surface area (Å²) in [5.74, 6) is 1.02. The van der Waals surface area contributed by atoms with E-state index >= 15 is 0 Å². The molecule has 5 rings (SSSR count). The first-order valence-corrected chi connectivity index (χ1v) is 11.3. The van der Waals surface area contributed by atoms with E-state index in [0.717, 1.165) is 45.7 Å². The molecule has 6 nitrogen and oxygen atoms in total. The molecule has 1 saturated heterocycles. The number of piperidine rings is 1. The summed E-state index contributed by atoms with van der Waals surface area (Å²) in [6, 6.07) is 16.3. The Morgan fingerprint density at radius 3 is 2.65 bits per heavy atom. The predicted octanol–water partition coefficient (Wildman–Crippen LogP) is 4.51. The lowest BCUT2D eigenvalue weighted by Crippen LogP contribution is -2.46. The Hall–Kier alpha value is -3.32. The first-order chi connectivity index (χ1) is 15.1. The van der Waals surface area contributed by atoms with E-state index in [1.807, 2.05) is 36.4 Å². The van der Waals surface area contributed by atoms with Crippen LogP contribution in [0.15, 0.2) is 60.1 Å². The Morgan fingerprint density at radius 1 is 1.10 bits per heavy atom. The number of primary amides is 1. The molecule has 7 heteroatoms. The second-order valence-electron chi connectivity index (χ2n) is 7.96. The van der Waals surface area contributed by atoms with Gasteiger partial charge in [-0.2, -0.15) is 0 Å². The number of benzene rings is 1. The van der Waals surface area contributed by atoms with E-state index in [-0.39, 0.29) is 17.9 Å². The van der Waals surface area contributed by atoms with Crippen LogP contribution in [-0.2, 0) is 4.79 Å². The van der Waals surface area contributed by atoms with Crippen molar-refractivity contribution in [3.63, 3.8) is 0 Å². The van der Waals surface area contributed by atoms with Gasteiger partial charge in [0.1, 0.15) is 16.3 Å². The second kappa shape index (κ2) is 8.07. The molecule has 1 aromatic carbocycles. The SMILES string of the molecule is C[C@H]1CC[C@H](C(N)=O)CN1c1nc(-c2ccccn2)nc2scc(-c3ccccc3)c12. The Labute approximate surface area is 184 Å². The smallest absolute Gasteiger partial charge is 0.222 e. The highest BCUT2D eigenvalue weighted by molar-refractivity contribution is 7.17. The molecule has 0 radical (unpaired) electrons. The van der Waals surface area contributed by atoms with Crippen molar-refractivity contribution in [3.8, 4) is 22.6 Å². The highest BCUT2D eigenvalue weighted by Crippen LogP contribution is 2.41. The molecule has 0 aliphatic carbocycles. The lowest BCUT2D eigenvalue weighted by atomic mass is 9.92. The first-order valence-electron chi connectivity index (χ1n) is 10.4. The zero-order valence-electron chi connectivity index (χ0n) is 17.2. The predicted molar refractivity (Wildman–Crippen MR) is 125 cm³/mol. The van der Waals surface area contributed by atoms with Gasteiger partial charge in [-0.05, 0) is 37.5 Å². The quantitative estimate of drug-likeness (QED) is 0.516. The van der Waals surface area contributed by atoms with Gasteiger partial charge in [0.2, 0.25) is 5.91 Å². The van der Waals surface area contributed by atoms with Crippen molar-refractivity contribution in [2.45, 2.75) is 25.8 Å². The lowest BCUT2D eigenvalue weighted by molar-refractivity contribution is -0.122. The summed E-state index contributed by atoms with van der Waals surface area (Å²) in [6.45, 7) is 2.74. The molecule has 1 aliphatic rings. The van der Waals surface area contributed by atoms with E-state index < -0.39 is 0 Å². The summed E-state index contributed by atoms with van der Waals surface area (Å²) < 4.78 is 0. The number of hydrogen-bond donors (Lipinski definition) is 1. The van der Waals surface area contributed by atoms with Crippen LogP contribution >= 0.6 is 11.3 Å². The number of thiophene rings is 1. The molecular formula is C24H23N5OS. The van der Waals surface area contributed by atoms with Gasteiger partial charge >= 0.3 is 0 Å². The number of nitrogens with zero attached hydrogens (tertiary/aromatic N) is 4. The maximum absolute atomic E-state index is 12.0. The average molecular weight is 430 g/mol.